The number of nitrogens with zero attached hydrogens (tertiary/aromatic N) is 2. The van der Waals surface area contributed by atoms with E-state index in [9.17, 15) is 14.4 Å². The molecule has 0 spiro atoms. The summed E-state index contributed by atoms with van der Waals surface area (Å²) in [7, 11) is 1.56. The van der Waals surface area contributed by atoms with Gasteiger partial charge in [-0.15, -0.1) is 0 Å². The molecule has 3 aromatic carbocycles. The zero-order chi connectivity index (χ0) is 24.5. The number of nitrogens with one attached hydrogen (secondary N) is 1. The van der Waals surface area contributed by atoms with Crippen molar-refractivity contribution < 1.29 is 13.9 Å². The number of ether oxygens (including phenoxy) is 1. The number of amides is 1. The molecule has 0 aliphatic rings. The Labute approximate surface area is 207 Å². The average Bonchev–Trinajstić information content (AvgIpc) is 3.26. The van der Waals surface area contributed by atoms with E-state index in [-0.39, 0.29) is 18.7 Å². The van der Waals surface area contributed by atoms with E-state index in [1.165, 1.54) is 4.57 Å². The van der Waals surface area contributed by atoms with Crippen molar-refractivity contribution >= 4 is 49.6 Å². The van der Waals surface area contributed by atoms with Crippen molar-refractivity contribution in [1.29, 1.82) is 0 Å². The molecule has 0 radical (unpaired) electrons. The average molecular weight is 534 g/mol. The summed E-state index contributed by atoms with van der Waals surface area (Å²) in [6, 6.07) is 21.2. The van der Waals surface area contributed by atoms with E-state index in [0.717, 1.165) is 14.6 Å². The van der Waals surface area contributed by atoms with Crippen LogP contribution in [0.15, 0.2) is 91.3 Å². The summed E-state index contributed by atoms with van der Waals surface area (Å²) in [6.07, 6.45) is 0. The highest BCUT2D eigenvalue weighted by Gasteiger charge is 2.21. The Morgan fingerprint density at radius 3 is 2.40 bits per heavy atom. The van der Waals surface area contributed by atoms with Crippen LogP contribution in [0.2, 0.25) is 0 Å². The van der Waals surface area contributed by atoms with E-state index in [1.807, 2.05) is 0 Å². The first-order chi connectivity index (χ1) is 16.9. The molecule has 0 unspecified atom stereocenters. The zero-order valence-electron chi connectivity index (χ0n) is 18.7. The Balaban J connectivity index is 1.62. The summed E-state index contributed by atoms with van der Waals surface area (Å²) in [5.74, 6) is 0.256. The molecule has 5 aromatic rings. The number of methoxy groups -OCH3 is 1. The fraction of sp³-hybridized carbons (Fsp3) is 0.115. The SMILES string of the molecule is COc1ccc(Cn2c(=O)c3oc4ccccc4c3n(CC(=O)Nc3ccc(Br)cc3)c2=O)cc1. The number of hydrogen-bond acceptors (Lipinski definition) is 5. The molecule has 1 N–H and O–H groups in total. The van der Waals surface area contributed by atoms with E-state index in [1.54, 1.807) is 79.9 Å². The van der Waals surface area contributed by atoms with Crippen LogP contribution in [0.25, 0.3) is 22.1 Å². The molecule has 1 amide bonds. The quantitative estimate of drug-likeness (QED) is 0.349. The molecule has 176 valence electrons. The van der Waals surface area contributed by atoms with Gasteiger partial charge in [-0.2, -0.15) is 0 Å². The van der Waals surface area contributed by atoms with Crippen molar-refractivity contribution in [2.75, 3.05) is 12.4 Å². The predicted octanol–water partition coefficient (Wildman–Crippen LogP) is 4.37. The molecule has 2 aromatic heterocycles. The lowest BCUT2D eigenvalue weighted by atomic mass is 10.2. The van der Waals surface area contributed by atoms with E-state index in [2.05, 4.69) is 21.2 Å². The highest BCUT2D eigenvalue weighted by Crippen LogP contribution is 2.26. The second-order valence-corrected chi connectivity index (χ2v) is 8.85. The van der Waals surface area contributed by atoms with E-state index < -0.39 is 17.2 Å². The van der Waals surface area contributed by atoms with Gasteiger partial charge in [-0.05, 0) is 54.1 Å². The van der Waals surface area contributed by atoms with E-state index in [0.29, 0.717) is 27.9 Å². The largest absolute Gasteiger partial charge is 0.497 e. The number of para-hydroxylation sites is 1. The molecule has 0 fully saturated rings. The molecule has 2 heterocycles. The molecular formula is C26H20BrN3O5. The maximum Gasteiger partial charge on any atom is 0.332 e. The number of rotatable bonds is 6. The van der Waals surface area contributed by atoms with Gasteiger partial charge in [0.1, 0.15) is 23.4 Å². The first-order valence-corrected chi connectivity index (χ1v) is 11.6. The van der Waals surface area contributed by atoms with Crippen LogP contribution in [0.1, 0.15) is 5.56 Å². The number of carbonyl (C=O) groups excluding carboxylic acids is 1. The Morgan fingerprint density at radius 2 is 1.69 bits per heavy atom. The van der Waals surface area contributed by atoms with Crippen LogP contribution >= 0.6 is 15.9 Å². The van der Waals surface area contributed by atoms with Gasteiger partial charge in [0, 0.05) is 15.5 Å². The summed E-state index contributed by atoms with van der Waals surface area (Å²) in [5.41, 5.74) is 0.946. The number of carbonyl (C=O) groups is 1. The van der Waals surface area contributed by atoms with Gasteiger partial charge in [0.25, 0.3) is 5.56 Å². The minimum Gasteiger partial charge on any atom is -0.497 e. The number of furan rings is 1. The van der Waals surface area contributed by atoms with Crippen LogP contribution in [0.5, 0.6) is 5.75 Å². The molecular weight excluding hydrogens is 514 g/mol. The van der Waals surface area contributed by atoms with Crippen molar-refractivity contribution in [3.05, 3.63) is 104 Å². The molecule has 9 heteroatoms. The van der Waals surface area contributed by atoms with E-state index >= 15 is 0 Å². The topological polar surface area (TPSA) is 95.5 Å². The summed E-state index contributed by atoms with van der Waals surface area (Å²) >= 11 is 3.36. The first-order valence-electron chi connectivity index (χ1n) is 10.8. The van der Waals surface area contributed by atoms with Crippen LogP contribution in [0.3, 0.4) is 0 Å². The van der Waals surface area contributed by atoms with Crippen molar-refractivity contribution in [1.82, 2.24) is 9.13 Å². The first kappa shape index (κ1) is 22.7. The fourth-order valence-corrected chi connectivity index (χ4v) is 4.24. The molecule has 5 rings (SSSR count). The van der Waals surface area contributed by atoms with Crippen molar-refractivity contribution in [2.45, 2.75) is 13.1 Å². The minimum atomic E-state index is -0.601. The molecule has 8 nitrogen and oxygen atoms in total. The van der Waals surface area contributed by atoms with Crippen LogP contribution in [-0.2, 0) is 17.9 Å². The normalized spacial score (nSPS) is 11.1. The molecule has 0 bridgehead atoms. The molecule has 0 saturated carbocycles. The number of hydrogen-bond donors (Lipinski definition) is 1. The Kier molecular flexibility index (Phi) is 6.00. The van der Waals surface area contributed by atoms with Gasteiger partial charge in [-0.1, -0.05) is 40.2 Å². The van der Waals surface area contributed by atoms with Gasteiger partial charge in [0.2, 0.25) is 11.5 Å². The molecule has 0 aliphatic carbocycles. The lowest BCUT2D eigenvalue weighted by molar-refractivity contribution is -0.116. The molecule has 35 heavy (non-hydrogen) atoms. The molecule has 0 atom stereocenters. The number of anilines is 1. The zero-order valence-corrected chi connectivity index (χ0v) is 20.2. The maximum absolute atomic E-state index is 13.6. The standard InChI is InChI=1S/C26H20BrN3O5/c1-34-19-12-6-16(7-13-19)14-30-25(32)24-23(20-4-2-3-5-21(20)35-24)29(26(30)33)15-22(31)28-18-10-8-17(27)9-11-18/h2-13H,14-15H2,1H3,(H,28,31). The van der Waals surface area contributed by atoms with E-state index in [4.69, 9.17) is 9.15 Å². The highest BCUT2D eigenvalue weighted by atomic mass is 79.9. The number of aromatic nitrogens is 2. The Bertz CT molecular complexity index is 1660. The fourth-order valence-electron chi connectivity index (χ4n) is 3.97. The second-order valence-electron chi connectivity index (χ2n) is 7.94. The number of fused-ring (bicyclic) bond motifs is 3. The van der Waals surface area contributed by atoms with Gasteiger partial charge >= 0.3 is 5.69 Å². The summed E-state index contributed by atoms with van der Waals surface area (Å²) < 4.78 is 14.3. The van der Waals surface area contributed by atoms with Crippen LogP contribution < -0.4 is 21.3 Å². The third-order valence-electron chi connectivity index (χ3n) is 5.67. The van der Waals surface area contributed by atoms with Crippen molar-refractivity contribution in [3.8, 4) is 5.75 Å². The van der Waals surface area contributed by atoms with Crippen molar-refractivity contribution in [2.24, 2.45) is 0 Å². The summed E-state index contributed by atoms with van der Waals surface area (Å²) in [6.45, 7) is -0.277. The highest BCUT2D eigenvalue weighted by molar-refractivity contribution is 9.10. The second kappa shape index (κ2) is 9.27. The lowest BCUT2D eigenvalue weighted by Gasteiger charge is -2.13. The Hall–Kier alpha value is -4.11. The third kappa shape index (κ3) is 4.38. The summed E-state index contributed by atoms with van der Waals surface area (Å²) in [4.78, 5) is 39.8. The van der Waals surface area contributed by atoms with Crippen LogP contribution in [0, 0.1) is 0 Å². The predicted molar refractivity (Wildman–Crippen MR) is 137 cm³/mol. The van der Waals surface area contributed by atoms with Gasteiger partial charge in [0.05, 0.1) is 13.7 Å². The van der Waals surface area contributed by atoms with Crippen molar-refractivity contribution in [3.63, 3.8) is 0 Å². The van der Waals surface area contributed by atoms with Crippen LogP contribution in [-0.4, -0.2) is 22.2 Å². The maximum atomic E-state index is 13.6. The number of benzene rings is 3. The number of halogens is 1. The van der Waals surface area contributed by atoms with Crippen LogP contribution in [0.4, 0.5) is 5.69 Å². The monoisotopic (exact) mass is 533 g/mol. The lowest BCUT2D eigenvalue weighted by Crippen LogP contribution is -2.41. The van der Waals surface area contributed by atoms with Gasteiger partial charge in [-0.3, -0.25) is 18.7 Å². The molecule has 0 saturated heterocycles. The van der Waals surface area contributed by atoms with Gasteiger partial charge in [0.15, 0.2) is 0 Å². The third-order valence-corrected chi connectivity index (χ3v) is 6.20. The van der Waals surface area contributed by atoms with Gasteiger partial charge in [-0.25, -0.2) is 4.79 Å². The smallest absolute Gasteiger partial charge is 0.332 e. The Morgan fingerprint density at radius 1 is 0.971 bits per heavy atom. The van der Waals surface area contributed by atoms with Gasteiger partial charge < -0.3 is 14.5 Å². The minimum absolute atomic E-state index is 0.0168. The molecule has 0 aliphatic heterocycles. The summed E-state index contributed by atoms with van der Waals surface area (Å²) in [5, 5.41) is 3.38.